The van der Waals surface area contributed by atoms with Gasteiger partial charge in [0.15, 0.2) is 11.5 Å². The monoisotopic (exact) mass is 247 g/mol. The van der Waals surface area contributed by atoms with Crippen LogP contribution in [0.15, 0.2) is 29.8 Å². The molecular formula is C15H21NO2. The summed E-state index contributed by atoms with van der Waals surface area (Å²) in [4.78, 5) is 0. The van der Waals surface area contributed by atoms with Gasteiger partial charge in [0.1, 0.15) is 0 Å². The summed E-state index contributed by atoms with van der Waals surface area (Å²) in [6, 6.07) is 5.78. The first-order valence-corrected chi connectivity index (χ1v) is 6.43. The molecule has 3 heteroatoms. The maximum absolute atomic E-state index is 6.37. The summed E-state index contributed by atoms with van der Waals surface area (Å²) in [5.74, 6) is 1.49. The van der Waals surface area contributed by atoms with Gasteiger partial charge < -0.3 is 15.2 Å². The van der Waals surface area contributed by atoms with Crippen LogP contribution in [0.2, 0.25) is 0 Å². The van der Waals surface area contributed by atoms with Crippen molar-refractivity contribution < 1.29 is 9.47 Å². The molecule has 0 amide bonds. The van der Waals surface area contributed by atoms with E-state index in [2.05, 4.69) is 6.08 Å². The minimum Gasteiger partial charge on any atom is -0.493 e. The number of allylic oxidation sites excluding steroid dienone is 1. The van der Waals surface area contributed by atoms with Crippen LogP contribution in [0.4, 0.5) is 0 Å². The van der Waals surface area contributed by atoms with Crippen LogP contribution < -0.4 is 15.2 Å². The number of nitrogens with two attached hydrogens (primary N) is 1. The topological polar surface area (TPSA) is 44.5 Å². The lowest BCUT2D eigenvalue weighted by molar-refractivity contribution is 0.350. The molecule has 0 radical (unpaired) electrons. The number of rotatable bonds is 4. The SMILES string of the molecule is COc1cccc(C(N)C2=CCCCC2)c1OC. The van der Waals surface area contributed by atoms with Crippen LogP contribution in [0.5, 0.6) is 11.5 Å². The highest BCUT2D eigenvalue weighted by Crippen LogP contribution is 2.38. The molecule has 1 unspecified atom stereocenters. The van der Waals surface area contributed by atoms with Crippen molar-refractivity contribution in [2.24, 2.45) is 5.73 Å². The van der Waals surface area contributed by atoms with Gasteiger partial charge >= 0.3 is 0 Å². The van der Waals surface area contributed by atoms with Crippen LogP contribution >= 0.6 is 0 Å². The highest BCUT2D eigenvalue weighted by molar-refractivity contribution is 5.50. The van der Waals surface area contributed by atoms with E-state index in [4.69, 9.17) is 15.2 Å². The first kappa shape index (κ1) is 13.0. The molecule has 0 bridgehead atoms. The highest BCUT2D eigenvalue weighted by atomic mass is 16.5. The fourth-order valence-corrected chi connectivity index (χ4v) is 2.50. The van der Waals surface area contributed by atoms with E-state index < -0.39 is 0 Å². The summed E-state index contributed by atoms with van der Waals surface area (Å²) in [7, 11) is 3.30. The minimum atomic E-state index is -0.0876. The lowest BCUT2D eigenvalue weighted by Gasteiger charge is -2.22. The summed E-state index contributed by atoms with van der Waals surface area (Å²) in [6.07, 6.45) is 6.99. The van der Waals surface area contributed by atoms with Crippen molar-refractivity contribution in [1.82, 2.24) is 0 Å². The Hall–Kier alpha value is -1.48. The summed E-state index contributed by atoms with van der Waals surface area (Å²) in [6.45, 7) is 0. The third-order valence-electron chi connectivity index (χ3n) is 3.49. The van der Waals surface area contributed by atoms with E-state index in [0.29, 0.717) is 0 Å². The fourth-order valence-electron chi connectivity index (χ4n) is 2.50. The Labute approximate surface area is 109 Å². The maximum Gasteiger partial charge on any atom is 0.165 e. The van der Waals surface area contributed by atoms with Crippen LogP contribution in [-0.2, 0) is 0 Å². The standard InChI is InChI=1S/C15H21NO2/c1-17-13-10-6-9-12(15(13)18-2)14(16)11-7-4-3-5-8-11/h6-7,9-10,14H,3-5,8,16H2,1-2H3. The molecule has 0 aliphatic heterocycles. The van der Waals surface area contributed by atoms with Crippen molar-refractivity contribution in [3.63, 3.8) is 0 Å². The summed E-state index contributed by atoms with van der Waals surface area (Å²) in [5.41, 5.74) is 8.68. The lowest BCUT2D eigenvalue weighted by Crippen LogP contribution is -2.16. The van der Waals surface area contributed by atoms with Gasteiger partial charge in [-0.3, -0.25) is 0 Å². The molecular weight excluding hydrogens is 226 g/mol. The predicted octanol–water partition coefficient (Wildman–Crippen LogP) is 3.20. The molecule has 0 saturated heterocycles. The third-order valence-corrected chi connectivity index (χ3v) is 3.49. The maximum atomic E-state index is 6.37. The molecule has 3 nitrogen and oxygen atoms in total. The van der Waals surface area contributed by atoms with Gasteiger partial charge in [-0.2, -0.15) is 0 Å². The molecule has 2 N–H and O–H groups in total. The van der Waals surface area contributed by atoms with Crippen molar-refractivity contribution in [2.45, 2.75) is 31.7 Å². The Morgan fingerprint density at radius 3 is 2.61 bits per heavy atom. The molecule has 1 aromatic carbocycles. The Kier molecular flexibility index (Phi) is 4.26. The lowest BCUT2D eigenvalue weighted by atomic mass is 9.90. The fraction of sp³-hybridized carbons (Fsp3) is 0.467. The molecule has 18 heavy (non-hydrogen) atoms. The summed E-state index contributed by atoms with van der Waals surface area (Å²) in [5, 5.41) is 0. The van der Waals surface area contributed by atoms with Gasteiger partial charge in [-0.1, -0.05) is 23.8 Å². The molecule has 1 aliphatic carbocycles. The summed E-state index contributed by atoms with van der Waals surface area (Å²) >= 11 is 0. The van der Waals surface area contributed by atoms with E-state index in [0.717, 1.165) is 29.9 Å². The van der Waals surface area contributed by atoms with E-state index in [1.54, 1.807) is 14.2 Å². The van der Waals surface area contributed by atoms with E-state index in [9.17, 15) is 0 Å². The predicted molar refractivity (Wildman–Crippen MR) is 73.0 cm³/mol. The van der Waals surface area contributed by atoms with Gasteiger partial charge in [0.05, 0.1) is 20.3 Å². The van der Waals surface area contributed by atoms with Crippen LogP contribution in [-0.4, -0.2) is 14.2 Å². The van der Waals surface area contributed by atoms with Gasteiger partial charge in [0, 0.05) is 5.56 Å². The third kappa shape index (κ3) is 2.51. The van der Waals surface area contributed by atoms with Gasteiger partial charge in [-0.15, -0.1) is 0 Å². The Morgan fingerprint density at radius 1 is 1.17 bits per heavy atom. The number of ether oxygens (including phenoxy) is 2. The smallest absolute Gasteiger partial charge is 0.165 e. The van der Waals surface area contributed by atoms with Crippen molar-refractivity contribution in [2.75, 3.05) is 14.2 Å². The van der Waals surface area contributed by atoms with Gasteiger partial charge in [-0.05, 0) is 31.7 Å². The Bertz CT molecular complexity index is 440. The molecule has 0 aromatic heterocycles. The van der Waals surface area contributed by atoms with Gasteiger partial charge in [-0.25, -0.2) is 0 Å². The zero-order valence-corrected chi connectivity index (χ0v) is 11.1. The normalized spacial score (nSPS) is 16.9. The second-order valence-corrected chi connectivity index (χ2v) is 4.59. The van der Waals surface area contributed by atoms with Crippen molar-refractivity contribution in [3.8, 4) is 11.5 Å². The highest BCUT2D eigenvalue weighted by Gasteiger charge is 2.19. The number of methoxy groups -OCH3 is 2. The van der Waals surface area contributed by atoms with E-state index in [-0.39, 0.29) is 6.04 Å². The molecule has 0 saturated carbocycles. The van der Waals surface area contributed by atoms with Crippen LogP contribution in [0.1, 0.15) is 37.3 Å². The van der Waals surface area contributed by atoms with Gasteiger partial charge in [0.2, 0.25) is 0 Å². The number of benzene rings is 1. The van der Waals surface area contributed by atoms with Crippen LogP contribution in [0.25, 0.3) is 0 Å². The number of para-hydroxylation sites is 1. The van der Waals surface area contributed by atoms with E-state index in [1.807, 2.05) is 18.2 Å². The Morgan fingerprint density at radius 2 is 2.00 bits per heavy atom. The molecule has 1 aliphatic rings. The quantitative estimate of drug-likeness (QED) is 0.831. The van der Waals surface area contributed by atoms with E-state index in [1.165, 1.54) is 18.4 Å². The van der Waals surface area contributed by atoms with Crippen molar-refractivity contribution in [1.29, 1.82) is 0 Å². The largest absolute Gasteiger partial charge is 0.493 e. The van der Waals surface area contributed by atoms with Crippen LogP contribution in [0, 0.1) is 0 Å². The minimum absolute atomic E-state index is 0.0876. The first-order chi connectivity index (χ1) is 8.77. The van der Waals surface area contributed by atoms with Crippen molar-refractivity contribution in [3.05, 3.63) is 35.4 Å². The van der Waals surface area contributed by atoms with E-state index >= 15 is 0 Å². The Balaban J connectivity index is 2.34. The molecule has 98 valence electrons. The molecule has 1 atom stereocenters. The molecule has 1 aromatic rings. The molecule has 0 heterocycles. The van der Waals surface area contributed by atoms with Crippen molar-refractivity contribution >= 4 is 0 Å². The molecule has 2 rings (SSSR count). The zero-order chi connectivity index (χ0) is 13.0. The number of hydrogen-bond acceptors (Lipinski definition) is 3. The molecule has 0 spiro atoms. The average molecular weight is 247 g/mol. The summed E-state index contributed by atoms with van der Waals surface area (Å²) < 4.78 is 10.8. The molecule has 0 fully saturated rings. The zero-order valence-electron chi connectivity index (χ0n) is 11.1. The number of hydrogen-bond donors (Lipinski definition) is 1. The second-order valence-electron chi connectivity index (χ2n) is 4.59. The average Bonchev–Trinajstić information content (AvgIpc) is 2.46. The van der Waals surface area contributed by atoms with Gasteiger partial charge in [0.25, 0.3) is 0 Å². The van der Waals surface area contributed by atoms with Crippen LogP contribution in [0.3, 0.4) is 0 Å². The first-order valence-electron chi connectivity index (χ1n) is 6.43. The second kappa shape index (κ2) is 5.91.